The number of hydrogen-bond acceptors (Lipinski definition) is 3. The van der Waals surface area contributed by atoms with Crippen LogP contribution < -0.4 is 10.6 Å². The molecule has 1 aliphatic carbocycles. The third kappa shape index (κ3) is 5.36. The monoisotopic (exact) mass is 318 g/mol. The van der Waals surface area contributed by atoms with Crippen molar-refractivity contribution in [1.29, 1.82) is 0 Å². The number of aliphatic hydroxyl groups excluding tert-OH is 1. The second-order valence-corrected chi connectivity index (χ2v) is 6.21. The molecule has 5 heteroatoms. The van der Waals surface area contributed by atoms with E-state index in [-0.39, 0.29) is 17.7 Å². The van der Waals surface area contributed by atoms with E-state index in [1.807, 2.05) is 0 Å². The first-order valence-corrected chi connectivity index (χ1v) is 8.35. The van der Waals surface area contributed by atoms with Crippen molar-refractivity contribution < 1.29 is 14.7 Å². The van der Waals surface area contributed by atoms with Crippen LogP contribution in [0.5, 0.6) is 0 Å². The van der Waals surface area contributed by atoms with E-state index >= 15 is 0 Å². The molecule has 1 aliphatic rings. The van der Waals surface area contributed by atoms with E-state index in [4.69, 9.17) is 0 Å². The summed E-state index contributed by atoms with van der Waals surface area (Å²) in [6, 6.07) is 7.42. The van der Waals surface area contributed by atoms with Crippen molar-refractivity contribution in [2.75, 3.05) is 6.54 Å². The molecule has 0 aromatic heterocycles. The Morgan fingerprint density at radius 3 is 2.35 bits per heavy atom. The molecule has 0 saturated heterocycles. The van der Waals surface area contributed by atoms with Crippen LogP contribution >= 0.6 is 0 Å². The van der Waals surface area contributed by atoms with Gasteiger partial charge in [0.2, 0.25) is 11.8 Å². The van der Waals surface area contributed by atoms with E-state index in [2.05, 4.69) is 41.8 Å². The van der Waals surface area contributed by atoms with Crippen molar-refractivity contribution >= 4 is 11.8 Å². The predicted molar refractivity (Wildman–Crippen MR) is 88.9 cm³/mol. The average Bonchev–Trinajstić information content (AvgIpc) is 3.37. The molecule has 2 atom stereocenters. The topological polar surface area (TPSA) is 78.4 Å². The minimum atomic E-state index is -0.915. The first-order valence-electron chi connectivity index (χ1n) is 8.35. The number of rotatable bonds is 8. The summed E-state index contributed by atoms with van der Waals surface area (Å²) in [4.78, 5) is 23.9. The van der Waals surface area contributed by atoms with Crippen molar-refractivity contribution in [2.24, 2.45) is 5.92 Å². The standard InChI is InChI=1S/C18H26N2O3/c1-3-13-4-6-14(7-5-13)10-11-19-18(23)16(12(2)21)20-17(22)15-8-9-15/h4-7,12,15-16,21H,3,8-11H2,1-2H3,(H,19,23)(H,20,22). The van der Waals surface area contributed by atoms with Gasteiger partial charge in [0.25, 0.3) is 0 Å². The quantitative estimate of drug-likeness (QED) is 0.673. The molecule has 2 unspecified atom stereocenters. The third-order valence-electron chi connectivity index (χ3n) is 4.15. The lowest BCUT2D eigenvalue weighted by atomic mass is 10.1. The molecular formula is C18H26N2O3. The van der Waals surface area contributed by atoms with E-state index in [1.54, 1.807) is 0 Å². The highest BCUT2D eigenvalue weighted by atomic mass is 16.3. The van der Waals surface area contributed by atoms with Crippen molar-refractivity contribution in [3.63, 3.8) is 0 Å². The van der Waals surface area contributed by atoms with Gasteiger partial charge in [-0.2, -0.15) is 0 Å². The predicted octanol–water partition coefficient (Wildman–Crippen LogP) is 1.18. The van der Waals surface area contributed by atoms with E-state index in [1.165, 1.54) is 12.5 Å². The summed E-state index contributed by atoms with van der Waals surface area (Å²) in [5.41, 5.74) is 2.44. The lowest BCUT2D eigenvalue weighted by molar-refractivity contribution is -0.132. The molecule has 0 heterocycles. The van der Waals surface area contributed by atoms with Gasteiger partial charge in [-0.25, -0.2) is 0 Å². The zero-order valence-electron chi connectivity index (χ0n) is 13.8. The number of nitrogens with one attached hydrogen (secondary N) is 2. The van der Waals surface area contributed by atoms with Crippen LogP contribution in [0.15, 0.2) is 24.3 Å². The van der Waals surface area contributed by atoms with Crippen LogP contribution in [0.2, 0.25) is 0 Å². The van der Waals surface area contributed by atoms with Gasteiger partial charge < -0.3 is 15.7 Å². The van der Waals surface area contributed by atoms with Gasteiger partial charge in [0.15, 0.2) is 0 Å². The number of aryl methyl sites for hydroxylation is 1. The summed E-state index contributed by atoms with van der Waals surface area (Å²) < 4.78 is 0. The fourth-order valence-corrected chi connectivity index (χ4v) is 2.40. The molecule has 0 aliphatic heterocycles. The SMILES string of the molecule is CCc1ccc(CCNC(=O)C(NC(=O)C2CC2)C(C)O)cc1. The summed E-state index contributed by atoms with van der Waals surface area (Å²) >= 11 is 0. The Kier molecular flexibility index (Phi) is 6.16. The van der Waals surface area contributed by atoms with E-state index in [9.17, 15) is 14.7 Å². The molecule has 1 aromatic carbocycles. The van der Waals surface area contributed by atoms with Crippen LogP contribution in [0.1, 0.15) is 37.8 Å². The first-order chi connectivity index (χ1) is 11.0. The third-order valence-corrected chi connectivity index (χ3v) is 4.15. The number of amides is 2. The smallest absolute Gasteiger partial charge is 0.245 e. The van der Waals surface area contributed by atoms with Crippen LogP contribution in [-0.4, -0.2) is 35.6 Å². The molecule has 5 nitrogen and oxygen atoms in total. The Hall–Kier alpha value is -1.88. The van der Waals surface area contributed by atoms with Gasteiger partial charge in [-0.15, -0.1) is 0 Å². The van der Waals surface area contributed by atoms with Crippen LogP contribution in [0.3, 0.4) is 0 Å². The Morgan fingerprint density at radius 2 is 1.83 bits per heavy atom. The normalized spacial score (nSPS) is 16.5. The first kappa shape index (κ1) is 17.5. The van der Waals surface area contributed by atoms with Gasteiger partial charge in [0, 0.05) is 12.5 Å². The molecule has 0 bridgehead atoms. The van der Waals surface area contributed by atoms with E-state index in [0.717, 1.165) is 31.2 Å². The van der Waals surface area contributed by atoms with E-state index in [0.29, 0.717) is 6.54 Å². The van der Waals surface area contributed by atoms with E-state index < -0.39 is 12.1 Å². The Labute approximate surface area is 137 Å². The summed E-state index contributed by atoms with van der Waals surface area (Å²) in [7, 11) is 0. The number of benzene rings is 1. The molecule has 2 rings (SSSR count). The molecule has 2 amide bonds. The van der Waals surface area contributed by atoms with Crippen molar-refractivity contribution in [1.82, 2.24) is 10.6 Å². The maximum absolute atomic E-state index is 12.2. The average molecular weight is 318 g/mol. The van der Waals surface area contributed by atoms with Crippen LogP contribution in [0.4, 0.5) is 0 Å². The van der Waals surface area contributed by atoms with Crippen LogP contribution in [-0.2, 0) is 22.4 Å². The molecule has 3 N–H and O–H groups in total. The fraction of sp³-hybridized carbons (Fsp3) is 0.556. The maximum atomic E-state index is 12.2. The highest BCUT2D eigenvalue weighted by Crippen LogP contribution is 2.28. The fourth-order valence-electron chi connectivity index (χ4n) is 2.40. The molecular weight excluding hydrogens is 292 g/mol. The zero-order chi connectivity index (χ0) is 16.8. The summed E-state index contributed by atoms with van der Waals surface area (Å²) in [6.45, 7) is 4.11. The van der Waals surface area contributed by atoms with Gasteiger partial charge >= 0.3 is 0 Å². The zero-order valence-corrected chi connectivity index (χ0v) is 13.8. The Morgan fingerprint density at radius 1 is 1.22 bits per heavy atom. The lowest BCUT2D eigenvalue weighted by Crippen LogP contribution is -2.53. The maximum Gasteiger partial charge on any atom is 0.245 e. The molecule has 1 saturated carbocycles. The largest absolute Gasteiger partial charge is 0.391 e. The number of carbonyl (C=O) groups is 2. The van der Waals surface area contributed by atoms with Gasteiger partial charge in [0.05, 0.1) is 6.10 Å². The van der Waals surface area contributed by atoms with Crippen LogP contribution in [0.25, 0.3) is 0 Å². The summed E-state index contributed by atoms with van der Waals surface area (Å²) in [6.07, 6.45) is 2.55. The molecule has 1 fully saturated rings. The highest BCUT2D eigenvalue weighted by molar-refractivity contribution is 5.89. The number of hydrogen-bond donors (Lipinski definition) is 3. The molecule has 0 radical (unpaired) electrons. The van der Waals surface area contributed by atoms with Gasteiger partial charge in [-0.1, -0.05) is 31.2 Å². The minimum Gasteiger partial charge on any atom is -0.391 e. The lowest BCUT2D eigenvalue weighted by Gasteiger charge is -2.20. The molecule has 1 aromatic rings. The highest BCUT2D eigenvalue weighted by Gasteiger charge is 2.34. The summed E-state index contributed by atoms with van der Waals surface area (Å²) in [5.74, 6) is -0.457. The van der Waals surface area contributed by atoms with Crippen molar-refractivity contribution in [3.8, 4) is 0 Å². The molecule has 23 heavy (non-hydrogen) atoms. The van der Waals surface area contributed by atoms with Gasteiger partial charge in [-0.05, 0) is 43.7 Å². The Bertz CT molecular complexity index is 536. The second kappa shape index (κ2) is 8.11. The van der Waals surface area contributed by atoms with Gasteiger partial charge in [-0.3, -0.25) is 9.59 Å². The summed E-state index contributed by atoms with van der Waals surface area (Å²) in [5, 5.41) is 15.2. The van der Waals surface area contributed by atoms with Crippen LogP contribution in [0, 0.1) is 5.92 Å². The van der Waals surface area contributed by atoms with Gasteiger partial charge in [0.1, 0.15) is 6.04 Å². The number of aliphatic hydroxyl groups is 1. The molecule has 0 spiro atoms. The Balaban J connectivity index is 1.79. The van der Waals surface area contributed by atoms with Crippen molar-refractivity contribution in [3.05, 3.63) is 35.4 Å². The minimum absolute atomic E-state index is 0.0149. The molecule has 126 valence electrons. The number of carbonyl (C=O) groups excluding carboxylic acids is 2. The second-order valence-electron chi connectivity index (χ2n) is 6.21. The van der Waals surface area contributed by atoms with Crippen molar-refractivity contribution in [2.45, 2.75) is 51.7 Å².